The predicted molar refractivity (Wildman–Crippen MR) is 86.5 cm³/mol. The maximum atomic E-state index is 12.0. The van der Waals surface area contributed by atoms with Crippen LogP contribution in [0, 0.1) is 11.8 Å². The van der Waals surface area contributed by atoms with E-state index in [1.54, 1.807) is 0 Å². The van der Waals surface area contributed by atoms with Gasteiger partial charge in [-0.05, 0) is 51.9 Å². The largest absolute Gasteiger partial charge is 0.444 e. The highest BCUT2D eigenvalue weighted by atomic mass is 16.6. The quantitative estimate of drug-likeness (QED) is 0.867. The van der Waals surface area contributed by atoms with E-state index in [9.17, 15) is 4.79 Å². The van der Waals surface area contributed by atoms with Gasteiger partial charge in [-0.1, -0.05) is 13.8 Å². The molecule has 124 valence electrons. The van der Waals surface area contributed by atoms with Crippen molar-refractivity contribution in [2.45, 2.75) is 72.1 Å². The van der Waals surface area contributed by atoms with E-state index in [-0.39, 0.29) is 12.1 Å². The van der Waals surface area contributed by atoms with Crippen LogP contribution in [0.2, 0.25) is 0 Å². The normalized spacial score (nSPS) is 17.9. The molecule has 1 aromatic heterocycles. The first-order valence-electron chi connectivity index (χ1n) is 8.29. The molecule has 22 heavy (non-hydrogen) atoms. The van der Waals surface area contributed by atoms with E-state index < -0.39 is 5.60 Å². The molecule has 0 aliphatic heterocycles. The smallest absolute Gasteiger partial charge is 0.408 e. The summed E-state index contributed by atoms with van der Waals surface area (Å²) in [5.41, 5.74) is 0.573. The number of nitrogens with one attached hydrogen (secondary N) is 1. The van der Waals surface area contributed by atoms with E-state index in [0.29, 0.717) is 5.92 Å². The van der Waals surface area contributed by atoms with Crippen molar-refractivity contribution in [2.75, 3.05) is 0 Å². The van der Waals surface area contributed by atoms with Gasteiger partial charge in [0.15, 0.2) is 0 Å². The lowest BCUT2D eigenvalue weighted by atomic mass is 10.1. The third-order valence-electron chi connectivity index (χ3n) is 4.11. The molecule has 1 saturated carbocycles. The van der Waals surface area contributed by atoms with Crippen molar-refractivity contribution in [3.8, 4) is 0 Å². The van der Waals surface area contributed by atoms with Gasteiger partial charge in [0.25, 0.3) is 0 Å². The molecule has 2 rings (SSSR count). The fourth-order valence-corrected chi connectivity index (χ4v) is 2.73. The van der Waals surface area contributed by atoms with Gasteiger partial charge in [0.2, 0.25) is 0 Å². The zero-order chi connectivity index (χ0) is 16.3. The molecular formula is C17H29N3O2. The van der Waals surface area contributed by atoms with E-state index in [0.717, 1.165) is 24.6 Å². The Morgan fingerprint density at radius 1 is 1.50 bits per heavy atom. The molecule has 1 aliphatic carbocycles. The van der Waals surface area contributed by atoms with Crippen LogP contribution in [0.3, 0.4) is 0 Å². The summed E-state index contributed by atoms with van der Waals surface area (Å²) in [6.07, 6.45) is 6.85. The Morgan fingerprint density at radius 3 is 2.73 bits per heavy atom. The molecule has 0 aromatic carbocycles. The number of ether oxygens (including phenoxy) is 1. The molecular weight excluding hydrogens is 278 g/mol. The zero-order valence-electron chi connectivity index (χ0n) is 14.4. The maximum Gasteiger partial charge on any atom is 0.408 e. The number of hydrogen-bond donors (Lipinski definition) is 1. The van der Waals surface area contributed by atoms with Crippen LogP contribution in [0.25, 0.3) is 0 Å². The Balaban J connectivity index is 2.01. The number of nitrogens with zero attached hydrogens (tertiary/aromatic N) is 2. The number of amides is 1. The molecule has 1 unspecified atom stereocenters. The first-order chi connectivity index (χ1) is 10.3. The summed E-state index contributed by atoms with van der Waals surface area (Å²) in [5.74, 6) is 1.51. The van der Waals surface area contributed by atoms with Crippen LogP contribution in [0.15, 0.2) is 12.5 Å². The first kappa shape index (κ1) is 16.8. The summed E-state index contributed by atoms with van der Waals surface area (Å²) < 4.78 is 7.53. The van der Waals surface area contributed by atoms with Crippen molar-refractivity contribution in [1.82, 2.24) is 14.9 Å². The van der Waals surface area contributed by atoms with Gasteiger partial charge in [0, 0.05) is 6.54 Å². The van der Waals surface area contributed by atoms with Crippen LogP contribution in [-0.2, 0) is 11.3 Å². The van der Waals surface area contributed by atoms with Crippen molar-refractivity contribution in [2.24, 2.45) is 11.8 Å². The van der Waals surface area contributed by atoms with Crippen LogP contribution in [0.1, 0.15) is 65.6 Å². The summed E-state index contributed by atoms with van der Waals surface area (Å²) in [4.78, 5) is 16.3. The zero-order valence-corrected chi connectivity index (χ0v) is 14.4. The monoisotopic (exact) mass is 307 g/mol. The van der Waals surface area contributed by atoms with Crippen molar-refractivity contribution in [3.63, 3.8) is 0 Å². The lowest BCUT2D eigenvalue weighted by Gasteiger charge is -2.24. The summed E-state index contributed by atoms with van der Waals surface area (Å²) in [7, 11) is 0. The highest BCUT2D eigenvalue weighted by Crippen LogP contribution is 2.37. The second kappa shape index (κ2) is 6.71. The van der Waals surface area contributed by atoms with Crippen molar-refractivity contribution in [3.05, 3.63) is 18.2 Å². The lowest BCUT2D eigenvalue weighted by molar-refractivity contribution is 0.0500. The highest BCUT2D eigenvalue weighted by molar-refractivity contribution is 5.68. The summed E-state index contributed by atoms with van der Waals surface area (Å²) in [5, 5.41) is 2.96. The van der Waals surface area contributed by atoms with Gasteiger partial charge in [0.1, 0.15) is 5.60 Å². The van der Waals surface area contributed by atoms with Gasteiger partial charge in [-0.2, -0.15) is 0 Å². The lowest BCUT2D eigenvalue weighted by Crippen LogP contribution is -2.35. The van der Waals surface area contributed by atoms with Crippen LogP contribution >= 0.6 is 0 Å². The average molecular weight is 307 g/mol. The molecule has 5 heteroatoms. The van der Waals surface area contributed by atoms with Gasteiger partial charge < -0.3 is 14.6 Å². The number of imidazole rings is 1. The molecule has 1 heterocycles. The van der Waals surface area contributed by atoms with E-state index in [1.807, 2.05) is 33.3 Å². The number of carbonyl (C=O) groups excluding carboxylic acids is 1. The molecule has 2 atom stereocenters. The topological polar surface area (TPSA) is 56.1 Å². The average Bonchev–Trinajstić information content (AvgIpc) is 3.16. The Labute approximate surface area is 133 Å². The van der Waals surface area contributed by atoms with Crippen LogP contribution < -0.4 is 5.32 Å². The molecule has 0 saturated heterocycles. The Morgan fingerprint density at radius 2 is 2.18 bits per heavy atom. The Bertz CT molecular complexity index is 500. The third-order valence-corrected chi connectivity index (χ3v) is 4.11. The van der Waals surface area contributed by atoms with Crippen molar-refractivity contribution in [1.29, 1.82) is 0 Å². The van der Waals surface area contributed by atoms with Crippen LogP contribution in [0.5, 0.6) is 0 Å². The first-order valence-corrected chi connectivity index (χ1v) is 8.29. The van der Waals surface area contributed by atoms with Gasteiger partial charge in [-0.15, -0.1) is 0 Å². The molecule has 1 aromatic rings. The minimum Gasteiger partial charge on any atom is -0.444 e. The van der Waals surface area contributed by atoms with Crippen LogP contribution in [-0.4, -0.2) is 21.2 Å². The fraction of sp³-hybridized carbons (Fsp3) is 0.765. The number of aromatic nitrogens is 2. The Hall–Kier alpha value is -1.52. The summed E-state index contributed by atoms with van der Waals surface area (Å²) in [6, 6.07) is -0.0660. The maximum absolute atomic E-state index is 12.0. The second-order valence-corrected chi connectivity index (χ2v) is 7.39. The predicted octanol–water partition coefficient (Wildman–Crippen LogP) is 3.91. The molecule has 0 radical (unpaired) electrons. The third kappa shape index (κ3) is 4.75. The molecule has 5 nitrogen and oxygen atoms in total. The molecule has 0 spiro atoms. The standard InChI is InChI=1S/C17H29N3O2/c1-6-14(19-16(21)22-17(3,4)5)15-9-18-11-20(15)10-12(2)13-7-8-13/h9,11-14H,6-8,10H2,1-5H3,(H,19,21)/t12?,14-/m1/s1. The van der Waals surface area contributed by atoms with E-state index in [4.69, 9.17) is 4.74 Å². The number of carbonyl (C=O) groups is 1. The second-order valence-electron chi connectivity index (χ2n) is 7.39. The molecule has 0 bridgehead atoms. The summed E-state index contributed by atoms with van der Waals surface area (Å²) >= 11 is 0. The SMILES string of the molecule is CC[C@@H](NC(=O)OC(C)(C)C)c1cncn1CC(C)C1CC1. The summed E-state index contributed by atoms with van der Waals surface area (Å²) in [6.45, 7) is 10.9. The molecule has 1 N–H and O–H groups in total. The number of hydrogen-bond acceptors (Lipinski definition) is 3. The highest BCUT2D eigenvalue weighted by Gasteiger charge is 2.29. The van der Waals surface area contributed by atoms with E-state index in [1.165, 1.54) is 12.8 Å². The molecule has 1 fully saturated rings. The van der Waals surface area contributed by atoms with Crippen LogP contribution in [0.4, 0.5) is 4.79 Å². The number of alkyl carbamates (subject to hydrolysis) is 1. The van der Waals surface area contributed by atoms with Gasteiger partial charge in [0.05, 0.1) is 24.3 Å². The van der Waals surface area contributed by atoms with Gasteiger partial charge >= 0.3 is 6.09 Å². The Kier molecular flexibility index (Phi) is 5.14. The molecule has 1 aliphatic rings. The fourth-order valence-electron chi connectivity index (χ4n) is 2.73. The minimum absolute atomic E-state index is 0.0660. The van der Waals surface area contributed by atoms with Crippen molar-refractivity contribution >= 4 is 6.09 Å². The van der Waals surface area contributed by atoms with Crippen molar-refractivity contribution < 1.29 is 9.53 Å². The number of rotatable bonds is 6. The van der Waals surface area contributed by atoms with E-state index in [2.05, 4.69) is 28.7 Å². The minimum atomic E-state index is -0.483. The van der Waals surface area contributed by atoms with Gasteiger partial charge in [-0.25, -0.2) is 9.78 Å². The van der Waals surface area contributed by atoms with Gasteiger partial charge in [-0.3, -0.25) is 0 Å². The molecule has 1 amide bonds. The van der Waals surface area contributed by atoms with E-state index >= 15 is 0 Å².